The Kier molecular flexibility index (Phi) is 4.29. The Morgan fingerprint density at radius 2 is 2.14 bits per heavy atom. The maximum Gasteiger partial charge on any atom is 0.222 e. The van der Waals surface area contributed by atoms with E-state index in [2.05, 4.69) is 15.1 Å². The summed E-state index contributed by atoms with van der Waals surface area (Å²) in [5, 5.41) is 8.44. The third kappa shape index (κ3) is 3.06. The van der Waals surface area contributed by atoms with Gasteiger partial charge in [0.2, 0.25) is 5.91 Å². The molecule has 2 aliphatic rings. The number of carbonyl (C=O) groups excluding carboxylic acids is 1. The normalized spacial score (nSPS) is 27.6. The summed E-state index contributed by atoms with van der Waals surface area (Å²) in [7, 11) is 3.62. The van der Waals surface area contributed by atoms with Gasteiger partial charge in [-0.25, -0.2) is 0 Å². The van der Waals surface area contributed by atoms with Crippen molar-refractivity contribution in [3.8, 4) is 0 Å². The summed E-state index contributed by atoms with van der Waals surface area (Å²) in [6.07, 6.45) is 0.571. The zero-order valence-electron chi connectivity index (χ0n) is 13.5. The summed E-state index contributed by atoms with van der Waals surface area (Å²) < 4.78 is 5.75. The quantitative estimate of drug-likeness (QED) is 0.832. The van der Waals surface area contributed by atoms with Crippen LogP contribution < -0.4 is 4.90 Å². The molecule has 0 radical (unpaired) electrons. The van der Waals surface area contributed by atoms with Crippen LogP contribution in [-0.4, -0.2) is 61.4 Å². The van der Waals surface area contributed by atoms with Crippen molar-refractivity contribution in [3.63, 3.8) is 0 Å². The molecule has 1 aromatic rings. The molecule has 3 heterocycles. The molecular weight excluding hydrogens is 280 g/mol. The minimum Gasteiger partial charge on any atom is -0.381 e. The highest BCUT2D eigenvalue weighted by molar-refractivity contribution is 5.75. The Hall–Kier alpha value is -1.69. The van der Waals surface area contributed by atoms with Crippen LogP contribution in [0.15, 0.2) is 12.1 Å². The fraction of sp³-hybridized carbons (Fsp3) is 0.688. The molecule has 0 aromatic carbocycles. The molecule has 6 heteroatoms. The lowest BCUT2D eigenvalue weighted by Gasteiger charge is -2.32. The van der Waals surface area contributed by atoms with Crippen molar-refractivity contribution in [1.82, 2.24) is 15.1 Å². The first-order chi connectivity index (χ1) is 10.5. The number of fused-ring (bicyclic) bond motifs is 1. The van der Waals surface area contributed by atoms with Gasteiger partial charge in [0.15, 0.2) is 5.82 Å². The molecule has 3 atom stereocenters. The summed E-state index contributed by atoms with van der Waals surface area (Å²) in [5.41, 5.74) is 0.929. The maximum atomic E-state index is 12.0. The number of amides is 1. The van der Waals surface area contributed by atoms with E-state index in [1.165, 1.54) is 0 Å². The molecule has 2 aliphatic heterocycles. The second-order valence-electron chi connectivity index (χ2n) is 6.65. The number of aryl methyl sites for hydroxylation is 1. The molecule has 3 rings (SSSR count). The van der Waals surface area contributed by atoms with Crippen LogP contribution in [0.25, 0.3) is 0 Å². The fourth-order valence-electron chi connectivity index (χ4n) is 3.47. The average Bonchev–Trinajstić information content (AvgIpc) is 2.93. The number of anilines is 1. The summed E-state index contributed by atoms with van der Waals surface area (Å²) >= 11 is 0. The molecule has 1 amide bonds. The largest absolute Gasteiger partial charge is 0.381 e. The number of carbonyl (C=O) groups is 1. The topological polar surface area (TPSA) is 58.6 Å². The van der Waals surface area contributed by atoms with Gasteiger partial charge in [-0.2, -0.15) is 5.10 Å². The van der Waals surface area contributed by atoms with Crippen molar-refractivity contribution < 1.29 is 9.53 Å². The van der Waals surface area contributed by atoms with E-state index in [4.69, 9.17) is 4.74 Å². The number of hydrogen-bond acceptors (Lipinski definition) is 5. The molecule has 6 nitrogen and oxygen atoms in total. The van der Waals surface area contributed by atoms with E-state index in [0.717, 1.165) is 31.2 Å². The predicted molar refractivity (Wildman–Crippen MR) is 83.6 cm³/mol. The van der Waals surface area contributed by atoms with Gasteiger partial charge in [0, 0.05) is 39.5 Å². The first-order valence-electron chi connectivity index (χ1n) is 7.87. The standard InChI is InChI=1S/C16H24N4O2/c1-11-4-5-15(18-17-11)20-7-13-10-22-9-12(14(13)8-20)6-16(21)19(2)3/h4-5,12-14H,6-10H2,1-3H3/t12-,13-,14+/m1/s1. The molecule has 2 fully saturated rings. The van der Waals surface area contributed by atoms with Crippen molar-refractivity contribution in [3.05, 3.63) is 17.8 Å². The monoisotopic (exact) mass is 304 g/mol. The lowest BCUT2D eigenvalue weighted by molar-refractivity contribution is -0.132. The molecule has 0 bridgehead atoms. The zero-order chi connectivity index (χ0) is 15.7. The van der Waals surface area contributed by atoms with Gasteiger partial charge in [0.05, 0.1) is 18.9 Å². The summed E-state index contributed by atoms with van der Waals surface area (Å²) in [6.45, 7) is 5.30. The van der Waals surface area contributed by atoms with E-state index in [-0.39, 0.29) is 5.91 Å². The van der Waals surface area contributed by atoms with Crippen molar-refractivity contribution >= 4 is 11.7 Å². The Morgan fingerprint density at radius 1 is 1.32 bits per heavy atom. The first kappa shape index (κ1) is 15.2. The number of rotatable bonds is 3. The second-order valence-corrected chi connectivity index (χ2v) is 6.65. The molecular formula is C16H24N4O2. The SMILES string of the molecule is Cc1ccc(N2C[C@@H]3COC[C@@H](CC(=O)N(C)C)[C@@H]3C2)nn1. The van der Waals surface area contributed by atoms with Crippen LogP contribution in [0.4, 0.5) is 5.82 Å². The third-order valence-electron chi connectivity index (χ3n) is 4.80. The van der Waals surface area contributed by atoms with Gasteiger partial charge in [-0.1, -0.05) is 0 Å². The van der Waals surface area contributed by atoms with Crippen LogP contribution in [0.1, 0.15) is 12.1 Å². The van der Waals surface area contributed by atoms with Crippen LogP contribution in [0, 0.1) is 24.7 Å². The van der Waals surface area contributed by atoms with Gasteiger partial charge in [-0.15, -0.1) is 5.10 Å². The van der Waals surface area contributed by atoms with Crippen molar-refractivity contribution in [2.45, 2.75) is 13.3 Å². The van der Waals surface area contributed by atoms with E-state index in [1.54, 1.807) is 4.90 Å². The molecule has 0 N–H and O–H groups in total. The Morgan fingerprint density at radius 3 is 2.82 bits per heavy atom. The highest BCUT2D eigenvalue weighted by atomic mass is 16.5. The number of hydrogen-bond donors (Lipinski definition) is 0. The van der Waals surface area contributed by atoms with Crippen molar-refractivity contribution in [2.24, 2.45) is 17.8 Å². The highest BCUT2D eigenvalue weighted by Crippen LogP contribution is 2.37. The van der Waals surface area contributed by atoms with Gasteiger partial charge in [-0.05, 0) is 30.9 Å². The smallest absolute Gasteiger partial charge is 0.222 e. The minimum atomic E-state index is 0.183. The summed E-state index contributed by atoms with van der Waals surface area (Å²) in [5.74, 6) is 2.40. The molecule has 1 aromatic heterocycles. The third-order valence-corrected chi connectivity index (χ3v) is 4.80. The molecule has 22 heavy (non-hydrogen) atoms. The molecule has 0 aliphatic carbocycles. The second kappa shape index (κ2) is 6.20. The zero-order valence-corrected chi connectivity index (χ0v) is 13.5. The van der Waals surface area contributed by atoms with Crippen molar-refractivity contribution in [2.75, 3.05) is 45.3 Å². The van der Waals surface area contributed by atoms with E-state index < -0.39 is 0 Å². The fourth-order valence-corrected chi connectivity index (χ4v) is 3.47. The lowest BCUT2D eigenvalue weighted by Crippen LogP contribution is -2.38. The van der Waals surface area contributed by atoms with Gasteiger partial charge in [0.1, 0.15) is 0 Å². The Bertz CT molecular complexity index is 531. The number of ether oxygens (including phenoxy) is 1. The van der Waals surface area contributed by atoms with Gasteiger partial charge in [-0.3, -0.25) is 4.79 Å². The molecule has 0 saturated carbocycles. The minimum absolute atomic E-state index is 0.183. The van der Waals surface area contributed by atoms with Crippen LogP contribution in [0.3, 0.4) is 0 Å². The van der Waals surface area contributed by atoms with Crippen LogP contribution in [0.2, 0.25) is 0 Å². The molecule has 0 unspecified atom stereocenters. The van der Waals surface area contributed by atoms with E-state index in [0.29, 0.717) is 30.8 Å². The molecule has 2 saturated heterocycles. The van der Waals surface area contributed by atoms with Crippen molar-refractivity contribution in [1.29, 1.82) is 0 Å². The molecule has 0 spiro atoms. The van der Waals surface area contributed by atoms with Gasteiger partial charge >= 0.3 is 0 Å². The maximum absolute atomic E-state index is 12.0. The molecule has 120 valence electrons. The van der Waals surface area contributed by atoms with Gasteiger partial charge < -0.3 is 14.5 Å². The van der Waals surface area contributed by atoms with E-state index >= 15 is 0 Å². The Labute approximate surface area is 131 Å². The van der Waals surface area contributed by atoms with E-state index in [9.17, 15) is 4.79 Å². The summed E-state index contributed by atoms with van der Waals surface area (Å²) in [4.78, 5) is 16.0. The van der Waals surface area contributed by atoms with Crippen LogP contribution in [0.5, 0.6) is 0 Å². The first-order valence-corrected chi connectivity index (χ1v) is 7.87. The average molecular weight is 304 g/mol. The number of nitrogens with zero attached hydrogens (tertiary/aromatic N) is 4. The summed E-state index contributed by atoms with van der Waals surface area (Å²) in [6, 6.07) is 4.02. The van der Waals surface area contributed by atoms with E-state index in [1.807, 2.05) is 33.2 Å². The van der Waals surface area contributed by atoms with Gasteiger partial charge in [0.25, 0.3) is 0 Å². The van der Waals surface area contributed by atoms with Crippen LogP contribution in [-0.2, 0) is 9.53 Å². The predicted octanol–water partition coefficient (Wildman–Crippen LogP) is 0.962. The number of aromatic nitrogens is 2. The van der Waals surface area contributed by atoms with Crippen LogP contribution >= 0.6 is 0 Å². The highest BCUT2D eigenvalue weighted by Gasteiger charge is 2.42. The lowest BCUT2D eigenvalue weighted by atomic mass is 9.81. The Balaban J connectivity index is 1.69.